The molecule has 2 amide bonds. The molecule has 24 heavy (non-hydrogen) atoms. The van der Waals surface area contributed by atoms with E-state index in [2.05, 4.69) is 37.5 Å². The van der Waals surface area contributed by atoms with Crippen molar-refractivity contribution in [2.75, 3.05) is 5.32 Å². The summed E-state index contributed by atoms with van der Waals surface area (Å²) < 4.78 is 0. The lowest BCUT2D eigenvalue weighted by Crippen LogP contribution is -2.30. The predicted octanol–water partition coefficient (Wildman–Crippen LogP) is 5.58. The lowest BCUT2D eigenvalue weighted by atomic mass is 9.84. The van der Waals surface area contributed by atoms with Crippen LogP contribution in [0.15, 0.2) is 36.4 Å². The van der Waals surface area contributed by atoms with Crippen molar-refractivity contribution in [2.24, 2.45) is 0 Å². The van der Waals surface area contributed by atoms with E-state index in [1.165, 1.54) is 0 Å². The maximum absolute atomic E-state index is 12.3. The van der Waals surface area contributed by atoms with Crippen LogP contribution in [0.4, 0.5) is 10.5 Å². The number of carbonyl (C=O) groups excluding carboxylic acids is 1. The van der Waals surface area contributed by atoms with Gasteiger partial charge in [-0.25, -0.2) is 4.79 Å². The topological polar surface area (TPSA) is 41.1 Å². The van der Waals surface area contributed by atoms with Gasteiger partial charge >= 0.3 is 6.03 Å². The summed E-state index contributed by atoms with van der Waals surface area (Å²) in [4.78, 5) is 12.3. The molecule has 0 aliphatic heterocycles. The standard InChI is InChI=1S/C20H25ClN2O/c1-13-9-10-15(11-17(13)21)12-22-19(24)23-18-14(2)7-6-8-16(18)20(3,4)5/h6-11H,12H2,1-5H3,(H2,22,23,24). The largest absolute Gasteiger partial charge is 0.334 e. The van der Waals surface area contributed by atoms with Crippen molar-refractivity contribution in [1.82, 2.24) is 5.32 Å². The number of amides is 2. The van der Waals surface area contributed by atoms with Crippen molar-refractivity contribution < 1.29 is 4.79 Å². The van der Waals surface area contributed by atoms with Crippen LogP contribution < -0.4 is 10.6 Å². The van der Waals surface area contributed by atoms with Gasteiger partial charge in [-0.2, -0.15) is 0 Å². The highest BCUT2D eigenvalue weighted by molar-refractivity contribution is 6.31. The highest BCUT2D eigenvalue weighted by Gasteiger charge is 2.20. The van der Waals surface area contributed by atoms with E-state index in [1.54, 1.807) is 0 Å². The molecule has 0 atom stereocenters. The molecule has 0 fully saturated rings. The van der Waals surface area contributed by atoms with E-state index in [1.807, 2.05) is 44.2 Å². The molecule has 0 bridgehead atoms. The van der Waals surface area contributed by atoms with Gasteiger partial charge in [0, 0.05) is 17.3 Å². The van der Waals surface area contributed by atoms with Gasteiger partial charge in [-0.3, -0.25) is 0 Å². The first-order valence-electron chi connectivity index (χ1n) is 8.08. The zero-order chi connectivity index (χ0) is 17.9. The molecule has 0 aliphatic rings. The van der Waals surface area contributed by atoms with E-state index in [0.717, 1.165) is 27.9 Å². The van der Waals surface area contributed by atoms with Crippen molar-refractivity contribution >= 4 is 23.3 Å². The number of hydrogen-bond donors (Lipinski definition) is 2. The van der Waals surface area contributed by atoms with Gasteiger partial charge in [-0.05, 0) is 47.6 Å². The number of para-hydroxylation sites is 1. The summed E-state index contributed by atoms with van der Waals surface area (Å²) >= 11 is 6.12. The zero-order valence-corrected chi connectivity index (χ0v) is 15.7. The summed E-state index contributed by atoms with van der Waals surface area (Å²) in [5.74, 6) is 0. The molecule has 2 N–H and O–H groups in total. The number of nitrogens with one attached hydrogen (secondary N) is 2. The molecular formula is C20H25ClN2O. The molecule has 0 saturated heterocycles. The quantitative estimate of drug-likeness (QED) is 0.750. The fourth-order valence-electron chi connectivity index (χ4n) is 2.55. The first-order chi connectivity index (χ1) is 11.2. The van der Waals surface area contributed by atoms with Crippen LogP contribution in [0.2, 0.25) is 5.02 Å². The van der Waals surface area contributed by atoms with Crippen LogP contribution in [-0.2, 0) is 12.0 Å². The van der Waals surface area contributed by atoms with Gasteiger partial charge in [0.2, 0.25) is 0 Å². The Labute approximate surface area is 149 Å². The number of benzene rings is 2. The van der Waals surface area contributed by atoms with E-state index >= 15 is 0 Å². The predicted molar refractivity (Wildman–Crippen MR) is 102 cm³/mol. The van der Waals surface area contributed by atoms with Crippen molar-refractivity contribution in [1.29, 1.82) is 0 Å². The number of rotatable bonds is 3. The van der Waals surface area contributed by atoms with Gasteiger partial charge in [0.1, 0.15) is 0 Å². The van der Waals surface area contributed by atoms with Gasteiger partial charge in [-0.15, -0.1) is 0 Å². The summed E-state index contributed by atoms with van der Waals surface area (Å²) in [6.45, 7) is 10.8. The smallest absolute Gasteiger partial charge is 0.319 e. The third-order valence-corrected chi connectivity index (χ3v) is 4.42. The molecule has 0 unspecified atom stereocenters. The summed E-state index contributed by atoms with van der Waals surface area (Å²) in [6.07, 6.45) is 0. The summed E-state index contributed by atoms with van der Waals surface area (Å²) in [7, 11) is 0. The molecule has 2 aromatic rings. The molecule has 0 saturated carbocycles. The fraction of sp³-hybridized carbons (Fsp3) is 0.350. The second-order valence-electron chi connectivity index (χ2n) is 7.14. The van der Waals surface area contributed by atoms with E-state index in [4.69, 9.17) is 11.6 Å². The Bertz CT molecular complexity index is 748. The van der Waals surface area contributed by atoms with Gasteiger partial charge in [0.25, 0.3) is 0 Å². The van der Waals surface area contributed by atoms with Crippen molar-refractivity contribution in [3.63, 3.8) is 0 Å². The normalized spacial score (nSPS) is 11.2. The van der Waals surface area contributed by atoms with Crippen LogP contribution in [0.3, 0.4) is 0 Å². The minimum atomic E-state index is -0.216. The second kappa shape index (κ2) is 7.27. The summed E-state index contributed by atoms with van der Waals surface area (Å²) in [6, 6.07) is 11.7. The van der Waals surface area contributed by atoms with Crippen LogP contribution >= 0.6 is 11.6 Å². The number of anilines is 1. The van der Waals surface area contributed by atoms with Crippen molar-refractivity contribution in [2.45, 2.75) is 46.6 Å². The van der Waals surface area contributed by atoms with Gasteiger partial charge < -0.3 is 10.6 Å². The molecular weight excluding hydrogens is 320 g/mol. The Kier molecular flexibility index (Phi) is 5.55. The Morgan fingerprint density at radius 3 is 2.42 bits per heavy atom. The molecule has 0 spiro atoms. The van der Waals surface area contributed by atoms with Crippen molar-refractivity contribution in [3.05, 3.63) is 63.7 Å². The number of carbonyl (C=O) groups is 1. The molecule has 0 radical (unpaired) electrons. The molecule has 0 aliphatic carbocycles. The number of hydrogen-bond acceptors (Lipinski definition) is 1. The first-order valence-corrected chi connectivity index (χ1v) is 8.46. The Hall–Kier alpha value is -2.00. The Morgan fingerprint density at radius 2 is 1.79 bits per heavy atom. The highest BCUT2D eigenvalue weighted by Crippen LogP contribution is 2.31. The van der Waals surface area contributed by atoms with Gasteiger partial charge in [0.05, 0.1) is 0 Å². The third-order valence-electron chi connectivity index (χ3n) is 4.01. The second-order valence-corrected chi connectivity index (χ2v) is 7.55. The third kappa shape index (κ3) is 4.51. The Morgan fingerprint density at radius 1 is 1.08 bits per heavy atom. The van der Waals surface area contributed by atoms with Crippen LogP contribution in [0, 0.1) is 13.8 Å². The molecule has 2 rings (SSSR count). The van der Waals surface area contributed by atoms with Crippen LogP contribution in [0.1, 0.15) is 43.0 Å². The molecule has 4 heteroatoms. The maximum atomic E-state index is 12.3. The monoisotopic (exact) mass is 344 g/mol. The first kappa shape index (κ1) is 18.3. The van der Waals surface area contributed by atoms with Crippen LogP contribution in [-0.4, -0.2) is 6.03 Å². The number of aryl methyl sites for hydroxylation is 2. The summed E-state index contributed by atoms with van der Waals surface area (Å²) in [5, 5.41) is 6.60. The highest BCUT2D eigenvalue weighted by atomic mass is 35.5. The van der Waals surface area contributed by atoms with E-state index in [-0.39, 0.29) is 11.4 Å². The summed E-state index contributed by atoms with van der Waals surface area (Å²) in [5.41, 5.74) is 5.01. The minimum absolute atomic E-state index is 0.0425. The number of urea groups is 1. The van der Waals surface area contributed by atoms with Crippen LogP contribution in [0.5, 0.6) is 0 Å². The molecule has 2 aromatic carbocycles. The minimum Gasteiger partial charge on any atom is -0.334 e. The van der Waals surface area contributed by atoms with E-state index in [9.17, 15) is 4.79 Å². The van der Waals surface area contributed by atoms with E-state index in [0.29, 0.717) is 11.6 Å². The van der Waals surface area contributed by atoms with Crippen molar-refractivity contribution in [3.8, 4) is 0 Å². The molecule has 128 valence electrons. The molecule has 0 heterocycles. The van der Waals surface area contributed by atoms with Crippen LogP contribution in [0.25, 0.3) is 0 Å². The molecule has 3 nitrogen and oxygen atoms in total. The average Bonchev–Trinajstić information content (AvgIpc) is 2.49. The Balaban J connectivity index is 2.09. The SMILES string of the molecule is Cc1ccc(CNC(=O)Nc2c(C)cccc2C(C)(C)C)cc1Cl. The van der Waals surface area contributed by atoms with E-state index < -0.39 is 0 Å². The molecule has 0 aromatic heterocycles. The average molecular weight is 345 g/mol. The zero-order valence-electron chi connectivity index (χ0n) is 15.0. The lowest BCUT2D eigenvalue weighted by molar-refractivity contribution is 0.251. The van der Waals surface area contributed by atoms with Gasteiger partial charge in [0.15, 0.2) is 0 Å². The number of halogens is 1. The lowest BCUT2D eigenvalue weighted by Gasteiger charge is -2.24. The maximum Gasteiger partial charge on any atom is 0.319 e. The fourth-order valence-corrected chi connectivity index (χ4v) is 2.75. The van der Waals surface area contributed by atoms with Gasteiger partial charge in [-0.1, -0.05) is 62.7 Å².